The van der Waals surface area contributed by atoms with Crippen LogP contribution in [0.5, 0.6) is 17.4 Å². The van der Waals surface area contributed by atoms with E-state index in [4.69, 9.17) is 9.47 Å². The Labute approximate surface area is 160 Å². The zero-order valence-electron chi connectivity index (χ0n) is 15.1. The standard InChI is InChI=1S/C19H16N4O5/c1-12(24)13-4-3-5-14(10-13)22-18-17(23(25)26)19(21-11-20-18)28-16-8-6-15(27-2)7-9-16/h3-11H,1-2H3,(H,20,21,22). The van der Waals surface area contributed by atoms with E-state index < -0.39 is 10.6 Å². The summed E-state index contributed by atoms with van der Waals surface area (Å²) in [4.78, 5) is 30.4. The first-order valence-electron chi connectivity index (χ1n) is 8.17. The molecule has 3 aromatic rings. The van der Waals surface area contributed by atoms with Crippen LogP contribution < -0.4 is 14.8 Å². The molecule has 0 bridgehead atoms. The Morgan fingerprint density at radius 3 is 2.46 bits per heavy atom. The minimum Gasteiger partial charge on any atom is -0.497 e. The first kappa shape index (κ1) is 18.8. The molecule has 0 amide bonds. The second kappa shape index (κ2) is 8.12. The van der Waals surface area contributed by atoms with Gasteiger partial charge in [0.15, 0.2) is 5.78 Å². The Kier molecular flexibility index (Phi) is 5.45. The van der Waals surface area contributed by atoms with Crippen molar-refractivity contribution in [2.24, 2.45) is 0 Å². The average Bonchev–Trinajstić information content (AvgIpc) is 2.68. The third-order valence-electron chi connectivity index (χ3n) is 3.78. The lowest BCUT2D eigenvalue weighted by molar-refractivity contribution is -0.385. The SMILES string of the molecule is COc1ccc(Oc2ncnc(Nc3cccc(C(C)=O)c3)c2[N+](=O)[O-])cc1. The largest absolute Gasteiger partial charge is 0.497 e. The third kappa shape index (κ3) is 4.21. The molecule has 0 aliphatic carbocycles. The molecule has 0 fully saturated rings. The van der Waals surface area contributed by atoms with Crippen molar-refractivity contribution in [3.63, 3.8) is 0 Å². The van der Waals surface area contributed by atoms with E-state index in [0.717, 1.165) is 6.33 Å². The van der Waals surface area contributed by atoms with Crippen LogP contribution in [-0.4, -0.2) is 27.8 Å². The van der Waals surface area contributed by atoms with Crippen LogP contribution in [0.15, 0.2) is 54.9 Å². The fraction of sp³-hybridized carbons (Fsp3) is 0.105. The van der Waals surface area contributed by atoms with Gasteiger partial charge in [0.2, 0.25) is 5.82 Å². The van der Waals surface area contributed by atoms with Crippen LogP contribution in [0.25, 0.3) is 0 Å². The quantitative estimate of drug-likeness (QED) is 0.369. The molecular formula is C19H16N4O5. The van der Waals surface area contributed by atoms with Gasteiger partial charge in [0.1, 0.15) is 17.8 Å². The fourth-order valence-electron chi connectivity index (χ4n) is 2.40. The Morgan fingerprint density at radius 1 is 1.11 bits per heavy atom. The van der Waals surface area contributed by atoms with E-state index in [2.05, 4.69) is 15.3 Å². The van der Waals surface area contributed by atoms with Crippen molar-refractivity contribution in [1.29, 1.82) is 0 Å². The highest BCUT2D eigenvalue weighted by Crippen LogP contribution is 2.35. The van der Waals surface area contributed by atoms with Crippen LogP contribution in [0.3, 0.4) is 0 Å². The molecular weight excluding hydrogens is 364 g/mol. The third-order valence-corrected chi connectivity index (χ3v) is 3.78. The minimum absolute atomic E-state index is 0.0517. The normalized spacial score (nSPS) is 10.2. The van der Waals surface area contributed by atoms with Crippen LogP contribution in [0, 0.1) is 10.1 Å². The van der Waals surface area contributed by atoms with E-state index >= 15 is 0 Å². The Bertz CT molecular complexity index is 1020. The van der Waals surface area contributed by atoms with Gasteiger partial charge in [-0.15, -0.1) is 0 Å². The number of anilines is 2. The number of nitrogens with zero attached hydrogens (tertiary/aromatic N) is 3. The number of Topliss-reactive ketones (excluding diaryl/α,β-unsaturated/α-hetero) is 1. The van der Waals surface area contributed by atoms with Gasteiger partial charge in [0, 0.05) is 11.3 Å². The molecule has 0 saturated heterocycles. The molecule has 0 aliphatic rings. The molecule has 9 nitrogen and oxygen atoms in total. The molecule has 0 aliphatic heterocycles. The van der Waals surface area contributed by atoms with Crippen molar-refractivity contribution >= 4 is 23.0 Å². The zero-order chi connectivity index (χ0) is 20.1. The van der Waals surface area contributed by atoms with E-state index in [1.807, 2.05) is 0 Å². The molecule has 2 aromatic carbocycles. The van der Waals surface area contributed by atoms with Crippen molar-refractivity contribution in [2.45, 2.75) is 6.92 Å². The first-order chi connectivity index (χ1) is 13.5. The topological polar surface area (TPSA) is 116 Å². The van der Waals surface area contributed by atoms with Gasteiger partial charge in [-0.2, -0.15) is 4.98 Å². The van der Waals surface area contributed by atoms with E-state index in [1.165, 1.54) is 14.0 Å². The van der Waals surface area contributed by atoms with Crippen LogP contribution in [0.4, 0.5) is 17.2 Å². The van der Waals surface area contributed by atoms with Gasteiger partial charge >= 0.3 is 11.6 Å². The van der Waals surface area contributed by atoms with Crippen LogP contribution in [-0.2, 0) is 0 Å². The molecule has 9 heteroatoms. The van der Waals surface area contributed by atoms with E-state index in [-0.39, 0.29) is 17.5 Å². The van der Waals surface area contributed by atoms with Crippen molar-refractivity contribution in [1.82, 2.24) is 9.97 Å². The van der Waals surface area contributed by atoms with Gasteiger partial charge in [-0.3, -0.25) is 14.9 Å². The molecule has 0 unspecified atom stereocenters. The van der Waals surface area contributed by atoms with Gasteiger partial charge in [-0.05, 0) is 43.3 Å². The molecule has 3 rings (SSSR count). The van der Waals surface area contributed by atoms with E-state index in [9.17, 15) is 14.9 Å². The molecule has 1 N–H and O–H groups in total. The highest BCUT2D eigenvalue weighted by molar-refractivity contribution is 5.95. The lowest BCUT2D eigenvalue weighted by Gasteiger charge is -2.10. The summed E-state index contributed by atoms with van der Waals surface area (Å²) in [6.07, 6.45) is 1.16. The lowest BCUT2D eigenvalue weighted by atomic mass is 10.1. The Balaban J connectivity index is 1.94. The number of nitrogens with one attached hydrogen (secondary N) is 1. The number of hydrogen-bond donors (Lipinski definition) is 1. The zero-order valence-corrected chi connectivity index (χ0v) is 15.1. The van der Waals surface area contributed by atoms with Crippen LogP contribution in [0.2, 0.25) is 0 Å². The number of carbonyl (C=O) groups excluding carboxylic acids is 1. The number of methoxy groups -OCH3 is 1. The number of nitro groups is 1. The summed E-state index contributed by atoms with van der Waals surface area (Å²) < 4.78 is 10.6. The summed E-state index contributed by atoms with van der Waals surface area (Å²) in [5.41, 5.74) is 0.521. The second-order valence-corrected chi connectivity index (χ2v) is 5.67. The summed E-state index contributed by atoms with van der Waals surface area (Å²) in [5.74, 6) is 0.591. The van der Waals surface area contributed by atoms with Crippen LogP contribution >= 0.6 is 0 Å². The average molecular weight is 380 g/mol. The summed E-state index contributed by atoms with van der Waals surface area (Å²) in [7, 11) is 1.53. The number of benzene rings is 2. The Hall–Kier alpha value is -4.01. The van der Waals surface area contributed by atoms with Crippen LogP contribution in [0.1, 0.15) is 17.3 Å². The maximum absolute atomic E-state index is 11.6. The van der Waals surface area contributed by atoms with Gasteiger partial charge < -0.3 is 14.8 Å². The lowest BCUT2D eigenvalue weighted by Crippen LogP contribution is -2.04. The molecule has 0 saturated carbocycles. The van der Waals surface area contributed by atoms with E-state index in [0.29, 0.717) is 22.7 Å². The molecule has 0 radical (unpaired) electrons. The highest BCUT2D eigenvalue weighted by Gasteiger charge is 2.25. The van der Waals surface area contributed by atoms with Gasteiger partial charge in [-0.1, -0.05) is 12.1 Å². The summed E-state index contributed by atoms with van der Waals surface area (Å²) >= 11 is 0. The minimum atomic E-state index is -0.629. The maximum Gasteiger partial charge on any atom is 0.373 e. The number of ether oxygens (including phenoxy) is 2. The predicted molar refractivity (Wildman–Crippen MR) is 101 cm³/mol. The number of carbonyl (C=O) groups is 1. The molecule has 1 aromatic heterocycles. The Morgan fingerprint density at radius 2 is 1.82 bits per heavy atom. The second-order valence-electron chi connectivity index (χ2n) is 5.67. The number of ketones is 1. The van der Waals surface area contributed by atoms with Crippen molar-refractivity contribution < 1.29 is 19.2 Å². The van der Waals surface area contributed by atoms with Crippen molar-refractivity contribution in [3.8, 4) is 17.4 Å². The van der Waals surface area contributed by atoms with Crippen molar-refractivity contribution in [3.05, 3.63) is 70.5 Å². The molecule has 28 heavy (non-hydrogen) atoms. The fourth-order valence-corrected chi connectivity index (χ4v) is 2.40. The van der Waals surface area contributed by atoms with Crippen molar-refractivity contribution in [2.75, 3.05) is 12.4 Å². The van der Waals surface area contributed by atoms with Gasteiger partial charge in [-0.25, -0.2) is 4.98 Å². The summed E-state index contributed by atoms with van der Waals surface area (Å²) in [6.45, 7) is 1.44. The maximum atomic E-state index is 11.6. The summed E-state index contributed by atoms with van der Waals surface area (Å²) in [6, 6.07) is 13.1. The van der Waals surface area contributed by atoms with Gasteiger partial charge in [0.05, 0.1) is 12.0 Å². The molecule has 142 valence electrons. The first-order valence-corrected chi connectivity index (χ1v) is 8.17. The molecule has 0 atom stereocenters. The monoisotopic (exact) mass is 380 g/mol. The molecule has 1 heterocycles. The number of hydrogen-bond acceptors (Lipinski definition) is 8. The number of rotatable bonds is 7. The predicted octanol–water partition coefficient (Wildman–Crippen LogP) is 4.13. The highest BCUT2D eigenvalue weighted by atomic mass is 16.6. The smallest absolute Gasteiger partial charge is 0.373 e. The summed E-state index contributed by atoms with van der Waals surface area (Å²) in [5, 5.41) is 14.5. The number of aromatic nitrogens is 2. The van der Waals surface area contributed by atoms with E-state index in [1.54, 1.807) is 48.5 Å². The molecule has 0 spiro atoms. The van der Waals surface area contributed by atoms with Gasteiger partial charge in [0.25, 0.3) is 0 Å².